The molecule has 0 unspecified atom stereocenters. The van der Waals surface area contributed by atoms with Crippen molar-refractivity contribution in [3.8, 4) is 0 Å². The normalized spacial score (nSPS) is 16.5. The zero-order valence-corrected chi connectivity index (χ0v) is 14.2. The predicted molar refractivity (Wildman–Crippen MR) is 99.1 cm³/mol. The highest BCUT2D eigenvalue weighted by atomic mass is 16.1. The lowest BCUT2D eigenvalue weighted by molar-refractivity contribution is -0.117. The molecule has 124 valence electrons. The van der Waals surface area contributed by atoms with E-state index in [0.717, 1.165) is 38.5 Å². The van der Waals surface area contributed by atoms with Crippen LogP contribution in [0.4, 0.5) is 0 Å². The molecule has 0 aromatic carbocycles. The highest BCUT2D eigenvalue weighted by Crippen LogP contribution is 2.01. The molecule has 0 aliphatic heterocycles. The molecule has 0 amide bonds. The monoisotopic (exact) mass is 306 g/mol. The number of ketones is 1. The first-order valence-electron chi connectivity index (χ1n) is 10.4. The maximum Gasteiger partial charge on any atom is 0.129 e. The summed E-state index contributed by atoms with van der Waals surface area (Å²) in [5, 5.41) is 0. The third kappa shape index (κ3) is 18.6. The summed E-state index contributed by atoms with van der Waals surface area (Å²) in [6, 6.07) is 0. The standard InChI is InChI=1S/C21H34O/c1-3-4-5-6-7-8-9-10-11-12-13-14-15-16-17-18-19-20-21(2)22/h7-8,10-11,13-14,16-17H,3-6,9,12,15,18-20H2,1-2H3/b8-7-,11-10-,14-13-,17-16-/i9D2,12D2. The van der Waals surface area contributed by atoms with Gasteiger partial charge < -0.3 is 4.79 Å². The molecule has 0 heterocycles. The molecule has 0 aliphatic rings. The Hall–Kier alpha value is -1.37. The first-order valence-corrected chi connectivity index (χ1v) is 8.39. The number of carbonyl (C=O) groups excluding carboxylic acids is 1. The summed E-state index contributed by atoms with van der Waals surface area (Å²) in [6.45, 7) is 3.72. The Morgan fingerprint density at radius 1 is 0.818 bits per heavy atom. The molecule has 0 saturated carbocycles. The van der Waals surface area contributed by atoms with Crippen molar-refractivity contribution < 1.29 is 10.3 Å². The van der Waals surface area contributed by atoms with Gasteiger partial charge in [0.2, 0.25) is 0 Å². The summed E-state index contributed by atoms with van der Waals surface area (Å²) in [5.74, 6) is 0.203. The minimum absolute atomic E-state index is 0.203. The van der Waals surface area contributed by atoms with E-state index < -0.39 is 12.7 Å². The van der Waals surface area contributed by atoms with Gasteiger partial charge in [0.25, 0.3) is 0 Å². The molecule has 0 N–H and O–H groups in total. The van der Waals surface area contributed by atoms with E-state index in [-0.39, 0.29) is 5.78 Å². The van der Waals surface area contributed by atoms with Gasteiger partial charge in [0, 0.05) is 11.9 Å². The molecular weight excluding hydrogens is 268 g/mol. The van der Waals surface area contributed by atoms with Crippen LogP contribution in [0.15, 0.2) is 48.6 Å². The van der Waals surface area contributed by atoms with Crippen molar-refractivity contribution in [2.45, 2.75) is 78.0 Å². The smallest absolute Gasteiger partial charge is 0.129 e. The summed E-state index contributed by atoms with van der Waals surface area (Å²) in [5.41, 5.74) is 0. The number of unbranched alkanes of at least 4 members (excludes halogenated alkanes) is 4. The van der Waals surface area contributed by atoms with E-state index in [1.54, 1.807) is 13.0 Å². The molecule has 0 aliphatic carbocycles. The fourth-order valence-electron chi connectivity index (χ4n) is 1.77. The summed E-state index contributed by atoms with van der Waals surface area (Å²) in [7, 11) is 0. The second-order valence-electron chi connectivity index (χ2n) is 5.27. The Balaban J connectivity index is 4.29. The van der Waals surface area contributed by atoms with Crippen LogP contribution in [0.5, 0.6) is 0 Å². The molecule has 0 saturated heterocycles. The fourth-order valence-corrected chi connectivity index (χ4v) is 1.77. The molecule has 0 spiro atoms. The average molecular weight is 307 g/mol. The third-order valence-corrected chi connectivity index (χ3v) is 3.02. The number of allylic oxidation sites excluding steroid dienone is 8. The van der Waals surface area contributed by atoms with E-state index in [4.69, 9.17) is 5.48 Å². The van der Waals surface area contributed by atoms with Gasteiger partial charge in [-0.1, -0.05) is 68.4 Å². The van der Waals surface area contributed by atoms with Crippen LogP contribution >= 0.6 is 0 Å². The minimum Gasteiger partial charge on any atom is -0.300 e. The SMILES string of the molecule is [2H]C([2H])(/C=C\C/C=C\CCCC(C)=O)/C=C\C([2H])([2H])/C=C\CCCCC. The summed E-state index contributed by atoms with van der Waals surface area (Å²) in [6.07, 6.45) is 16.8. The van der Waals surface area contributed by atoms with Crippen LogP contribution in [-0.4, -0.2) is 5.78 Å². The van der Waals surface area contributed by atoms with Crippen LogP contribution in [0.2, 0.25) is 0 Å². The number of hydrogen-bond donors (Lipinski definition) is 0. The quantitative estimate of drug-likeness (QED) is 0.257. The van der Waals surface area contributed by atoms with Crippen molar-refractivity contribution >= 4 is 5.78 Å². The van der Waals surface area contributed by atoms with Crippen LogP contribution in [-0.2, 0) is 4.79 Å². The fraction of sp³-hybridized carbons (Fsp3) is 0.571. The summed E-state index contributed by atoms with van der Waals surface area (Å²) < 4.78 is 31.6. The van der Waals surface area contributed by atoms with Crippen LogP contribution in [0.3, 0.4) is 0 Å². The van der Waals surface area contributed by atoms with Gasteiger partial charge in [-0.05, 0) is 51.8 Å². The first-order chi connectivity index (χ1) is 12.2. The maximum atomic E-state index is 10.8. The van der Waals surface area contributed by atoms with Gasteiger partial charge in [0.15, 0.2) is 0 Å². The molecule has 0 bridgehead atoms. The number of hydrogen-bond acceptors (Lipinski definition) is 1. The van der Waals surface area contributed by atoms with Crippen molar-refractivity contribution in [3.63, 3.8) is 0 Å². The van der Waals surface area contributed by atoms with Crippen LogP contribution < -0.4 is 0 Å². The van der Waals surface area contributed by atoms with Gasteiger partial charge in [-0.3, -0.25) is 0 Å². The van der Waals surface area contributed by atoms with Gasteiger partial charge in [-0.25, -0.2) is 0 Å². The lowest BCUT2D eigenvalue weighted by Crippen LogP contribution is -1.87. The van der Waals surface area contributed by atoms with E-state index >= 15 is 0 Å². The summed E-state index contributed by atoms with van der Waals surface area (Å²) in [4.78, 5) is 10.8. The molecule has 0 aromatic rings. The van der Waals surface area contributed by atoms with E-state index in [0.29, 0.717) is 12.8 Å². The van der Waals surface area contributed by atoms with Crippen LogP contribution in [0, 0.1) is 0 Å². The van der Waals surface area contributed by atoms with Crippen molar-refractivity contribution in [1.29, 1.82) is 0 Å². The van der Waals surface area contributed by atoms with Gasteiger partial charge in [0.05, 0.1) is 0 Å². The third-order valence-electron chi connectivity index (χ3n) is 3.02. The highest BCUT2D eigenvalue weighted by Gasteiger charge is 1.89. The number of Topliss-reactive ketones (excluding diaryl/α,β-unsaturated/α-hetero) is 1. The molecule has 1 heteroatoms. The van der Waals surface area contributed by atoms with E-state index in [2.05, 4.69) is 6.92 Å². The zero-order valence-electron chi connectivity index (χ0n) is 18.2. The molecule has 0 aromatic heterocycles. The number of rotatable bonds is 14. The van der Waals surface area contributed by atoms with E-state index in [1.807, 2.05) is 18.2 Å². The Morgan fingerprint density at radius 2 is 1.36 bits per heavy atom. The largest absolute Gasteiger partial charge is 0.300 e. The first kappa shape index (κ1) is 14.2. The number of carbonyl (C=O) groups is 1. The molecule has 0 fully saturated rings. The molecule has 0 atom stereocenters. The van der Waals surface area contributed by atoms with Crippen LogP contribution in [0.1, 0.15) is 83.4 Å². The molecule has 1 nitrogen and oxygen atoms in total. The maximum absolute atomic E-state index is 10.8. The second kappa shape index (κ2) is 17.7. The van der Waals surface area contributed by atoms with E-state index in [1.165, 1.54) is 24.3 Å². The lowest BCUT2D eigenvalue weighted by atomic mass is 10.2. The minimum atomic E-state index is -1.67. The van der Waals surface area contributed by atoms with Crippen molar-refractivity contribution in [2.24, 2.45) is 0 Å². The molecule has 0 rings (SSSR count). The topological polar surface area (TPSA) is 17.1 Å². The summed E-state index contributed by atoms with van der Waals surface area (Å²) >= 11 is 0. The van der Waals surface area contributed by atoms with Crippen molar-refractivity contribution in [2.75, 3.05) is 0 Å². The van der Waals surface area contributed by atoms with Crippen molar-refractivity contribution in [3.05, 3.63) is 48.6 Å². The average Bonchev–Trinajstić information content (AvgIpc) is 2.55. The Morgan fingerprint density at radius 3 is 2.05 bits per heavy atom. The second-order valence-corrected chi connectivity index (χ2v) is 5.27. The van der Waals surface area contributed by atoms with E-state index in [9.17, 15) is 4.79 Å². The lowest BCUT2D eigenvalue weighted by Gasteiger charge is -1.91. The zero-order chi connectivity index (χ0) is 19.9. The molecular formula is C21H34O. The molecule has 0 radical (unpaired) electrons. The van der Waals surface area contributed by atoms with Gasteiger partial charge >= 0.3 is 0 Å². The van der Waals surface area contributed by atoms with Crippen LogP contribution in [0.25, 0.3) is 0 Å². The van der Waals surface area contributed by atoms with Gasteiger partial charge in [-0.15, -0.1) is 0 Å². The van der Waals surface area contributed by atoms with Gasteiger partial charge in [-0.2, -0.15) is 0 Å². The highest BCUT2D eigenvalue weighted by molar-refractivity contribution is 5.75. The predicted octanol–water partition coefficient (Wildman–Crippen LogP) is 6.72. The Kier molecular flexibility index (Phi) is 11.4. The Bertz CT molecular complexity index is 502. The Labute approximate surface area is 143 Å². The van der Waals surface area contributed by atoms with Gasteiger partial charge in [0.1, 0.15) is 5.78 Å². The van der Waals surface area contributed by atoms with Crippen molar-refractivity contribution in [1.82, 2.24) is 0 Å². The molecule has 22 heavy (non-hydrogen) atoms.